The summed E-state index contributed by atoms with van der Waals surface area (Å²) in [5.41, 5.74) is 0.777. The molecule has 2 amide bonds. The maximum atomic E-state index is 12.1. The minimum Gasteiger partial charge on any atom is -0.466 e. The van der Waals surface area contributed by atoms with Crippen LogP contribution in [0.4, 0.5) is 4.79 Å². The summed E-state index contributed by atoms with van der Waals surface area (Å²) < 4.78 is 9.87. The normalized spacial score (nSPS) is 11.1. The topological polar surface area (TPSA) is 81.7 Å². The molecule has 2 rings (SSSR count). The first-order valence-electron chi connectivity index (χ1n) is 7.42. The number of carbonyl (C=O) groups is 3. The second kappa shape index (κ2) is 8.44. The summed E-state index contributed by atoms with van der Waals surface area (Å²) in [5.74, 6) is -1.32. The van der Waals surface area contributed by atoms with Crippen LogP contribution >= 0.6 is 0 Å². The minimum absolute atomic E-state index is 0.0592. The highest BCUT2D eigenvalue weighted by Gasteiger charge is 2.26. The Labute approximate surface area is 145 Å². The van der Waals surface area contributed by atoms with Crippen LogP contribution in [0.15, 0.2) is 72.8 Å². The van der Waals surface area contributed by atoms with Crippen molar-refractivity contribution < 1.29 is 23.9 Å². The van der Waals surface area contributed by atoms with Gasteiger partial charge in [0, 0.05) is 5.56 Å². The van der Waals surface area contributed by atoms with Gasteiger partial charge < -0.3 is 9.47 Å². The van der Waals surface area contributed by atoms with Gasteiger partial charge in [-0.05, 0) is 17.7 Å². The zero-order valence-corrected chi connectivity index (χ0v) is 13.6. The fourth-order valence-corrected chi connectivity index (χ4v) is 2.10. The molecule has 0 bridgehead atoms. The van der Waals surface area contributed by atoms with E-state index in [2.05, 4.69) is 16.6 Å². The monoisotopic (exact) mass is 339 g/mol. The Morgan fingerprint density at radius 1 is 0.960 bits per heavy atom. The van der Waals surface area contributed by atoms with E-state index in [0.717, 1.165) is 0 Å². The molecule has 6 nitrogen and oxygen atoms in total. The molecule has 6 heteroatoms. The number of hydrogen-bond acceptors (Lipinski definition) is 5. The number of ether oxygens (including phenoxy) is 2. The average molecular weight is 339 g/mol. The number of benzene rings is 2. The predicted octanol–water partition coefficient (Wildman–Crippen LogP) is 3.02. The second-order valence-corrected chi connectivity index (χ2v) is 5.03. The zero-order valence-electron chi connectivity index (χ0n) is 13.6. The summed E-state index contributed by atoms with van der Waals surface area (Å²) in [6.07, 6.45) is -2.06. The molecule has 25 heavy (non-hydrogen) atoms. The smallest absolute Gasteiger partial charge is 0.415 e. The van der Waals surface area contributed by atoms with Gasteiger partial charge in [0.1, 0.15) is 0 Å². The molecule has 0 aromatic heterocycles. The van der Waals surface area contributed by atoms with Crippen LogP contribution in [0, 0.1) is 0 Å². The Kier molecular flexibility index (Phi) is 6.06. The quantitative estimate of drug-likeness (QED) is 0.669. The third-order valence-corrected chi connectivity index (χ3v) is 3.34. The van der Waals surface area contributed by atoms with Crippen molar-refractivity contribution in [2.45, 2.75) is 6.10 Å². The SMILES string of the molecule is C=C(C(=O)OC)C(OC(=O)NC(=O)c1ccccc1)c1ccccc1. The molecule has 2 aromatic carbocycles. The summed E-state index contributed by atoms with van der Waals surface area (Å²) in [4.78, 5) is 35.8. The van der Waals surface area contributed by atoms with Crippen LogP contribution < -0.4 is 5.32 Å². The number of hydrogen-bond donors (Lipinski definition) is 1. The molecule has 1 unspecified atom stereocenters. The molecule has 0 aliphatic carbocycles. The molecule has 0 aliphatic rings. The number of amides is 2. The van der Waals surface area contributed by atoms with E-state index in [1.54, 1.807) is 60.7 Å². The van der Waals surface area contributed by atoms with Crippen LogP contribution in [0.1, 0.15) is 22.0 Å². The first-order valence-corrected chi connectivity index (χ1v) is 7.42. The standard InChI is InChI=1S/C19H17NO5/c1-13(18(22)24-2)16(14-9-5-3-6-10-14)25-19(23)20-17(21)15-11-7-4-8-12-15/h3-12,16H,1H2,2H3,(H,20,21,23). The van der Waals surface area contributed by atoms with Gasteiger partial charge in [0.2, 0.25) is 0 Å². The third kappa shape index (κ3) is 4.78. The molecule has 1 atom stereocenters. The lowest BCUT2D eigenvalue weighted by Gasteiger charge is -2.19. The maximum absolute atomic E-state index is 12.1. The van der Waals surface area contributed by atoms with Crippen molar-refractivity contribution in [2.24, 2.45) is 0 Å². The lowest BCUT2D eigenvalue weighted by molar-refractivity contribution is -0.137. The lowest BCUT2D eigenvalue weighted by atomic mass is 10.0. The molecule has 0 heterocycles. The maximum Gasteiger partial charge on any atom is 0.415 e. The first kappa shape index (κ1) is 17.9. The van der Waals surface area contributed by atoms with Crippen LogP contribution in [0.3, 0.4) is 0 Å². The van der Waals surface area contributed by atoms with Gasteiger partial charge in [-0.1, -0.05) is 55.1 Å². The molecule has 0 fully saturated rings. The van der Waals surface area contributed by atoms with Gasteiger partial charge in [0.25, 0.3) is 5.91 Å². The fraction of sp³-hybridized carbons (Fsp3) is 0.105. The van der Waals surface area contributed by atoms with Crippen LogP contribution in [0.5, 0.6) is 0 Å². The van der Waals surface area contributed by atoms with Crippen molar-refractivity contribution in [2.75, 3.05) is 7.11 Å². The van der Waals surface area contributed by atoms with Crippen LogP contribution in [0.25, 0.3) is 0 Å². The van der Waals surface area contributed by atoms with E-state index in [-0.39, 0.29) is 5.57 Å². The number of esters is 1. The number of imide groups is 1. The van der Waals surface area contributed by atoms with Gasteiger partial charge >= 0.3 is 12.1 Å². The van der Waals surface area contributed by atoms with E-state index in [9.17, 15) is 14.4 Å². The predicted molar refractivity (Wildman–Crippen MR) is 90.7 cm³/mol. The van der Waals surface area contributed by atoms with Crippen molar-refractivity contribution in [3.63, 3.8) is 0 Å². The van der Waals surface area contributed by atoms with Gasteiger partial charge in [-0.25, -0.2) is 9.59 Å². The third-order valence-electron chi connectivity index (χ3n) is 3.34. The van der Waals surface area contributed by atoms with Gasteiger partial charge in [-0.15, -0.1) is 0 Å². The Morgan fingerprint density at radius 2 is 1.52 bits per heavy atom. The fourth-order valence-electron chi connectivity index (χ4n) is 2.10. The van der Waals surface area contributed by atoms with Crippen molar-refractivity contribution in [1.29, 1.82) is 0 Å². The summed E-state index contributed by atoms with van der Waals surface area (Å²) in [6.45, 7) is 3.63. The average Bonchev–Trinajstić information content (AvgIpc) is 2.66. The number of carbonyl (C=O) groups excluding carboxylic acids is 3. The van der Waals surface area contributed by atoms with E-state index in [1.807, 2.05) is 0 Å². The van der Waals surface area contributed by atoms with Gasteiger partial charge in [0.15, 0.2) is 6.10 Å². The molecule has 0 saturated heterocycles. The van der Waals surface area contributed by atoms with E-state index in [0.29, 0.717) is 11.1 Å². The van der Waals surface area contributed by atoms with Crippen LogP contribution in [-0.2, 0) is 14.3 Å². The molecule has 0 aliphatic heterocycles. The lowest BCUT2D eigenvalue weighted by Crippen LogP contribution is -2.33. The van der Waals surface area contributed by atoms with Gasteiger partial charge in [-0.3, -0.25) is 10.1 Å². The molecule has 2 aromatic rings. The van der Waals surface area contributed by atoms with Crippen molar-refractivity contribution >= 4 is 18.0 Å². The highest BCUT2D eigenvalue weighted by molar-refractivity contribution is 6.03. The second-order valence-electron chi connectivity index (χ2n) is 5.03. The summed E-state index contributed by atoms with van der Waals surface area (Å²) in [7, 11) is 1.20. The molecule has 128 valence electrons. The molecule has 0 spiro atoms. The molecule has 0 radical (unpaired) electrons. The van der Waals surface area contributed by atoms with Crippen LogP contribution in [0.2, 0.25) is 0 Å². The summed E-state index contributed by atoms with van der Waals surface area (Å²) in [6, 6.07) is 16.8. The molecular weight excluding hydrogens is 322 g/mol. The number of methoxy groups -OCH3 is 1. The van der Waals surface area contributed by atoms with Crippen molar-refractivity contribution in [3.05, 3.63) is 83.9 Å². The molecule has 0 saturated carbocycles. The zero-order chi connectivity index (χ0) is 18.2. The van der Waals surface area contributed by atoms with E-state index >= 15 is 0 Å². The molecular formula is C19H17NO5. The summed E-state index contributed by atoms with van der Waals surface area (Å²) in [5, 5.41) is 2.11. The minimum atomic E-state index is -1.07. The number of nitrogens with one attached hydrogen (secondary N) is 1. The number of rotatable bonds is 5. The van der Waals surface area contributed by atoms with E-state index in [1.165, 1.54) is 7.11 Å². The Hall–Kier alpha value is -3.41. The highest BCUT2D eigenvalue weighted by Crippen LogP contribution is 2.25. The Bertz CT molecular complexity index is 771. The molecule has 1 N–H and O–H groups in total. The highest BCUT2D eigenvalue weighted by atomic mass is 16.6. The van der Waals surface area contributed by atoms with E-state index in [4.69, 9.17) is 4.74 Å². The Morgan fingerprint density at radius 3 is 2.08 bits per heavy atom. The first-order chi connectivity index (χ1) is 12.0. The largest absolute Gasteiger partial charge is 0.466 e. The van der Waals surface area contributed by atoms with Crippen molar-refractivity contribution in [3.8, 4) is 0 Å². The summed E-state index contributed by atoms with van der Waals surface area (Å²) >= 11 is 0. The van der Waals surface area contributed by atoms with Crippen LogP contribution in [-0.4, -0.2) is 25.1 Å². The Balaban J connectivity index is 2.13. The van der Waals surface area contributed by atoms with E-state index < -0.39 is 24.1 Å². The van der Waals surface area contributed by atoms with Gasteiger partial charge in [-0.2, -0.15) is 0 Å². The van der Waals surface area contributed by atoms with Gasteiger partial charge in [0.05, 0.1) is 12.7 Å². The number of alkyl carbamates (subject to hydrolysis) is 1. The van der Waals surface area contributed by atoms with Crippen molar-refractivity contribution in [1.82, 2.24) is 5.32 Å².